The second-order valence-electron chi connectivity index (χ2n) is 4.19. The van der Waals surface area contributed by atoms with E-state index in [0.29, 0.717) is 19.2 Å². The number of hydrogen-bond acceptors (Lipinski definition) is 5. The maximum atomic E-state index is 11.6. The van der Waals surface area contributed by atoms with Gasteiger partial charge in [-0.15, -0.1) is 0 Å². The van der Waals surface area contributed by atoms with Gasteiger partial charge in [-0.05, 0) is 25.5 Å². The topological polar surface area (TPSA) is 55.6 Å². The van der Waals surface area contributed by atoms with E-state index in [1.807, 2.05) is 31.2 Å². The van der Waals surface area contributed by atoms with Crippen molar-refractivity contribution >= 4 is 23.1 Å². The Labute approximate surface area is 112 Å². The Kier molecular flexibility index (Phi) is 4.39. The van der Waals surface area contributed by atoms with E-state index in [2.05, 4.69) is 4.98 Å². The van der Waals surface area contributed by atoms with E-state index in [9.17, 15) is 4.79 Å². The van der Waals surface area contributed by atoms with Gasteiger partial charge in [0, 0.05) is 6.54 Å². The van der Waals surface area contributed by atoms with Crippen molar-refractivity contribution in [2.75, 3.05) is 24.6 Å². The Morgan fingerprint density at radius 1 is 1.37 bits per heavy atom. The van der Waals surface area contributed by atoms with Gasteiger partial charge < -0.3 is 14.1 Å². The minimum Gasteiger partial charge on any atom is -0.465 e. The number of para-hydroxylation sites is 2. The van der Waals surface area contributed by atoms with Crippen molar-refractivity contribution in [1.29, 1.82) is 0 Å². The van der Waals surface area contributed by atoms with Crippen LogP contribution in [0.5, 0.6) is 0 Å². The van der Waals surface area contributed by atoms with E-state index in [4.69, 9.17) is 9.15 Å². The molecule has 0 atom stereocenters. The Morgan fingerprint density at radius 2 is 2.16 bits per heavy atom. The maximum Gasteiger partial charge on any atom is 0.325 e. The average molecular weight is 262 g/mol. The summed E-state index contributed by atoms with van der Waals surface area (Å²) in [5.41, 5.74) is 1.52. The number of aromatic nitrogens is 1. The smallest absolute Gasteiger partial charge is 0.325 e. The molecule has 0 aliphatic heterocycles. The second kappa shape index (κ2) is 6.22. The number of benzene rings is 1. The number of carbonyl (C=O) groups is 1. The van der Waals surface area contributed by atoms with Crippen LogP contribution in [-0.4, -0.2) is 30.6 Å². The molecule has 0 saturated heterocycles. The highest BCUT2D eigenvalue weighted by atomic mass is 16.5. The normalized spacial score (nSPS) is 10.6. The number of oxazole rings is 1. The molecule has 0 radical (unpaired) electrons. The number of nitrogens with zero attached hydrogens (tertiary/aromatic N) is 2. The zero-order chi connectivity index (χ0) is 13.7. The summed E-state index contributed by atoms with van der Waals surface area (Å²) in [5.74, 6) is -0.266. The summed E-state index contributed by atoms with van der Waals surface area (Å²) in [7, 11) is 0. The molecule has 1 aromatic carbocycles. The zero-order valence-corrected chi connectivity index (χ0v) is 11.3. The van der Waals surface area contributed by atoms with Crippen molar-refractivity contribution in [2.24, 2.45) is 0 Å². The van der Waals surface area contributed by atoms with Crippen molar-refractivity contribution in [3.8, 4) is 0 Å². The Balaban J connectivity index is 2.19. The van der Waals surface area contributed by atoms with E-state index in [0.717, 1.165) is 17.5 Å². The van der Waals surface area contributed by atoms with Crippen LogP contribution in [0.3, 0.4) is 0 Å². The highest BCUT2D eigenvalue weighted by molar-refractivity contribution is 5.77. The van der Waals surface area contributed by atoms with Gasteiger partial charge in [0.05, 0.1) is 6.61 Å². The van der Waals surface area contributed by atoms with Crippen molar-refractivity contribution in [1.82, 2.24) is 4.98 Å². The van der Waals surface area contributed by atoms with Gasteiger partial charge in [-0.25, -0.2) is 0 Å². The first kappa shape index (κ1) is 13.4. The van der Waals surface area contributed by atoms with Crippen molar-refractivity contribution < 1.29 is 13.9 Å². The summed E-state index contributed by atoms with van der Waals surface area (Å²) in [6.07, 6.45) is 0.901. The lowest BCUT2D eigenvalue weighted by Crippen LogP contribution is -2.31. The van der Waals surface area contributed by atoms with Gasteiger partial charge in [-0.1, -0.05) is 19.1 Å². The largest absolute Gasteiger partial charge is 0.465 e. The molecule has 0 unspecified atom stereocenters. The first-order chi connectivity index (χ1) is 9.24. The summed E-state index contributed by atoms with van der Waals surface area (Å²) in [6.45, 7) is 5.08. The molecule has 0 N–H and O–H groups in total. The van der Waals surface area contributed by atoms with Gasteiger partial charge in [-0.2, -0.15) is 4.98 Å². The molecule has 0 aliphatic carbocycles. The van der Waals surface area contributed by atoms with E-state index < -0.39 is 0 Å². The lowest BCUT2D eigenvalue weighted by molar-refractivity contribution is -0.141. The van der Waals surface area contributed by atoms with Crippen LogP contribution in [0.2, 0.25) is 0 Å². The predicted octanol–water partition coefficient (Wildman–Crippen LogP) is 2.61. The van der Waals surface area contributed by atoms with E-state index in [1.54, 1.807) is 11.8 Å². The molecule has 0 spiro atoms. The fourth-order valence-corrected chi connectivity index (χ4v) is 1.87. The molecular weight excluding hydrogens is 244 g/mol. The first-order valence-electron chi connectivity index (χ1n) is 6.50. The maximum absolute atomic E-state index is 11.6. The Hall–Kier alpha value is -2.04. The van der Waals surface area contributed by atoms with Crippen LogP contribution in [0.1, 0.15) is 20.3 Å². The molecule has 0 amide bonds. The third-order valence-electron chi connectivity index (χ3n) is 2.67. The molecule has 5 nitrogen and oxygen atoms in total. The number of rotatable bonds is 6. The second-order valence-corrected chi connectivity index (χ2v) is 4.19. The molecule has 0 bridgehead atoms. The van der Waals surface area contributed by atoms with Crippen molar-refractivity contribution in [2.45, 2.75) is 20.3 Å². The predicted molar refractivity (Wildman–Crippen MR) is 73.1 cm³/mol. The highest BCUT2D eigenvalue weighted by Crippen LogP contribution is 2.21. The zero-order valence-electron chi connectivity index (χ0n) is 11.3. The van der Waals surface area contributed by atoms with Gasteiger partial charge in [0.1, 0.15) is 12.1 Å². The lowest BCUT2D eigenvalue weighted by Gasteiger charge is -2.18. The van der Waals surface area contributed by atoms with E-state index >= 15 is 0 Å². The van der Waals surface area contributed by atoms with Crippen LogP contribution in [0.25, 0.3) is 11.1 Å². The molecule has 19 heavy (non-hydrogen) atoms. The third kappa shape index (κ3) is 3.24. The van der Waals surface area contributed by atoms with Crippen molar-refractivity contribution in [3.63, 3.8) is 0 Å². The number of fused-ring (bicyclic) bond motifs is 1. The summed E-state index contributed by atoms with van der Waals surface area (Å²) < 4.78 is 10.6. The van der Waals surface area contributed by atoms with Crippen molar-refractivity contribution in [3.05, 3.63) is 24.3 Å². The summed E-state index contributed by atoms with van der Waals surface area (Å²) in [6, 6.07) is 8.02. The van der Waals surface area contributed by atoms with E-state index in [1.165, 1.54) is 0 Å². The summed E-state index contributed by atoms with van der Waals surface area (Å²) >= 11 is 0. The molecule has 1 heterocycles. The van der Waals surface area contributed by atoms with Crippen LogP contribution >= 0.6 is 0 Å². The minimum atomic E-state index is -0.266. The van der Waals surface area contributed by atoms with Gasteiger partial charge in [0.25, 0.3) is 6.01 Å². The molecule has 5 heteroatoms. The van der Waals surface area contributed by atoms with Crippen LogP contribution in [-0.2, 0) is 9.53 Å². The fraction of sp³-hybridized carbons (Fsp3) is 0.429. The molecule has 2 aromatic rings. The number of esters is 1. The number of carbonyl (C=O) groups excluding carboxylic acids is 1. The highest BCUT2D eigenvalue weighted by Gasteiger charge is 2.17. The van der Waals surface area contributed by atoms with Gasteiger partial charge >= 0.3 is 5.97 Å². The number of ether oxygens (including phenoxy) is 1. The van der Waals surface area contributed by atoms with Crippen LogP contribution in [0, 0.1) is 0 Å². The van der Waals surface area contributed by atoms with Gasteiger partial charge in [0.2, 0.25) is 0 Å². The molecule has 0 fully saturated rings. The van der Waals surface area contributed by atoms with Crippen LogP contribution < -0.4 is 4.90 Å². The minimum absolute atomic E-state index is 0.161. The van der Waals surface area contributed by atoms with E-state index in [-0.39, 0.29) is 12.5 Å². The fourth-order valence-electron chi connectivity index (χ4n) is 1.87. The standard InChI is InChI=1S/C14H18N2O3/c1-3-9-16(10-13(17)18-4-2)14-15-11-7-5-6-8-12(11)19-14/h5-8H,3-4,9-10H2,1-2H3. The lowest BCUT2D eigenvalue weighted by atomic mass is 10.3. The first-order valence-corrected chi connectivity index (χ1v) is 6.50. The Bertz CT molecular complexity index is 517. The van der Waals surface area contributed by atoms with Gasteiger partial charge in [-0.3, -0.25) is 4.79 Å². The number of hydrogen-bond donors (Lipinski definition) is 0. The summed E-state index contributed by atoms with van der Waals surface area (Å²) in [5, 5.41) is 0. The summed E-state index contributed by atoms with van der Waals surface area (Å²) in [4.78, 5) is 17.8. The molecule has 2 rings (SSSR count). The number of anilines is 1. The average Bonchev–Trinajstić information content (AvgIpc) is 2.82. The van der Waals surface area contributed by atoms with Gasteiger partial charge in [0.15, 0.2) is 5.58 Å². The molecule has 0 saturated carbocycles. The molecular formula is C14H18N2O3. The van der Waals surface area contributed by atoms with Crippen LogP contribution in [0.15, 0.2) is 28.7 Å². The quantitative estimate of drug-likeness (QED) is 0.749. The third-order valence-corrected chi connectivity index (χ3v) is 2.67. The molecule has 102 valence electrons. The SMILES string of the molecule is CCCN(CC(=O)OCC)c1nc2ccccc2o1. The monoisotopic (exact) mass is 262 g/mol. The molecule has 1 aromatic heterocycles. The van der Waals surface area contributed by atoms with Crippen LogP contribution in [0.4, 0.5) is 6.01 Å². The Morgan fingerprint density at radius 3 is 2.84 bits per heavy atom. The molecule has 0 aliphatic rings.